The van der Waals surface area contributed by atoms with Gasteiger partial charge >= 0.3 is 0 Å². The van der Waals surface area contributed by atoms with Gasteiger partial charge in [-0.15, -0.1) is 22.7 Å². The van der Waals surface area contributed by atoms with Gasteiger partial charge in [0.15, 0.2) is 11.5 Å². The number of benzene rings is 7. The van der Waals surface area contributed by atoms with E-state index >= 15 is 0 Å². The summed E-state index contributed by atoms with van der Waals surface area (Å²) >= 11 is 3.70. The van der Waals surface area contributed by atoms with Gasteiger partial charge in [-0.3, -0.25) is 0 Å². The van der Waals surface area contributed by atoms with Gasteiger partial charge in [-0.25, -0.2) is 0 Å². The van der Waals surface area contributed by atoms with E-state index in [4.69, 9.17) is 9.47 Å². The third-order valence-corrected chi connectivity index (χ3v) is 13.6. The van der Waals surface area contributed by atoms with Crippen molar-refractivity contribution in [2.45, 2.75) is 6.92 Å². The molecule has 0 N–H and O–H groups in total. The lowest BCUT2D eigenvalue weighted by atomic mass is 9.33. The molecule has 0 amide bonds. The lowest BCUT2D eigenvalue weighted by Crippen LogP contribution is -2.61. The number of hydrogen-bond acceptors (Lipinski definition) is 6. The van der Waals surface area contributed by atoms with E-state index in [9.17, 15) is 0 Å². The first kappa shape index (κ1) is 31.1. The van der Waals surface area contributed by atoms with E-state index in [0.29, 0.717) is 0 Å². The maximum atomic E-state index is 6.32. The van der Waals surface area contributed by atoms with E-state index in [1.165, 1.54) is 74.4 Å². The average Bonchev–Trinajstić information content (AvgIpc) is 4.00. The van der Waals surface area contributed by atoms with Crippen LogP contribution in [0.3, 0.4) is 0 Å². The molecule has 4 nitrogen and oxygen atoms in total. The summed E-state index contributed by atoms with van der Waals surface area (Å²) < 4.78 is 14.9. The van der Waals surface area contributed by atoms with Gasteiger partial charge < -0.3 is 19.3 Å². The minimum absolute atomic E-state index is 0.0245. The van der Waals surface area contributed by atoms with Crippen LogP contribution in [0, 0.1) is 6.92 Å². The molecule has 0 bridgehead atoms. The molecule has 0 atom stereocenters. The van der Waals surface area contributed by atoms with Crippen LogP contribution in [0.1, 0.15) is 5.56 Å². The summed E-state index contributed by atoms with van der Waals surface area (Å²) in [6.07, 6.45) is 0. The molecular weight excluding hydrogens is 711 g/mol. The summed E-state index contributed by atoms with van der Waals surface area (Å²) in [6.45, 7) is 2.40. The molecule has 0 radical (unpaired) electrons. The molecule has 55 heavy (non-hydrogen) atoms. The fourth-order valence-corrected chi connectivity index (χ4v) is 11.0. The number of fused-ring (bicyclic) bond motifs is 8. The second-order valence-corrected chi connectivity index (χ2v) is 16.7. The number of anilines is 6. The Bertz CT molecular complexity index is 2960. The van der Waals surface area contributed by atoms with Crippen molar-refractivity contribution in [2.24, 2.45) is 0 Å². The Hall–Kier alpha value is -6.28. The van der Waals surface area contributed by atoms with E-state index in [1.54, 1.807) is 0 Å². The minimum atomic E-state index is -0.0245. The largest absolute Gasteiger partial charge is 0.454 e. The van der Waals surface area contributed by atoms with Crippen LogP contribution in [0.25, 0.3) is 41.1 Å². The van der Waals surface area contributed by atoms with Gasteiger partial charge in [0, 0.05) is 47.6 Å². The van der Waals surface area contributed by atoms with E-state index < -0.39 is 0 Å². The van der Waals surface area contributed by atoms with Crippen LogP contribution in [-0.2, 0) is 0 Å². The zero-order valence-corrected chi connectivity index (χ0v) is 31.5. The van der Waals surface area contributed by atoms with E-state index in [1.807, 2.05) is 22.7 Å². The highest BCUT2D eigenvalue weighted by molar-refractivity contribution is 7.22. The van der Waals surface area contributed by atoms with Crippen LogP contribution in [0.2, 0.25) is 0 Å². The van der Waals surface area contributed by atoms with Crippen molar-refractivity contribution in [1.82, 2.24) is 0 Å². The quantitative estimate of drug-likeness (QED) is 0.168. The minimum Gasteiger partial charge on any atom is -0.454 e. The normalized spacial score (nSPS) is 13.7. The van der Waals surface area contributed by atoms with Crippen molar-refractivity contribution >= 4 is 100 Å². The number of nitrogens with zero attached hydrogens (tertiary/aromatic N) is 2. The Kier molecular flexibility index (Phi) is 6.71. The van der Waals surface area contributed by atoms with Crippen molar-refractivity contribution in [3.05, 3.63) is 163 Å². The summed E-state index contributed by atoms with van der Waals surface area (Å²) in [6, 6.07) is 58.0. The maximum Gasteiger partial charge on any atom is 0.252 e. The van der Waals surface area contributed by atoms with Gasteiger partial charge in [0.2, 0.25) is 6.79 Å². The standard InChI is InChI=1S/C48H31BN2O2S2/c1-29-22-39-46-40(23-29)51(34-13-3-2-4-14-34)47-37(20-21-41-48(47)53-28-52-41)49(46)36-19-18-33(45-27-32-11-6-8-17-43(32)55-45)25-38(36)50(39)35-15-9-12-30(24-35)44-26-31-10-5-7-16-42(31)54-44/h2-27H,28H2,1H3. The number of rotatable bonds is 4. The summed E-state index contributed by atoms with van der Waals surface area (Å²) in [5.74, 6) is 1.59. The zero-order valence-electron chi connectivity index (χ0n) is 29.8. The number of thiophene rings is 2. The van der Waals surface area contributed by atoms with Crippen LogP contribution in [0.5, 0.6) is 11.5 Å². The Morgan fingerprint density at radius 1 is 0.527 bits per heavy atom. The maximum absolute atomic E-state index is 6.32. The zero-order chi connectivity index (χ0) is 36.2. The molecule has 5 heterocycles. The third kappa shape index (κ3) is 4.70. The molecule has 12 rings (SSSR count). The highest BCUT2D eigenvalue weighted by Gasteiger charge is 2.45. The topological polar surface area (TPSA) is 24.9 Å². The predicted octanol–water partition coefficient (Wildman–Crippen LogP) is 11.6. The summed E-state index contributed by atoms with van der Waals surface area (Å²) in [5.41, 5.74) is 14.2. The molecule has 0 saturated carbocycles. The Balaban J connectivity index is 1.14. The van der Waals surface area contributed by atoms with Gasteiger partial charge in [-0.1, -0.05) is 84.9 Å². The number of para-hydroxylation sites is 1. The second-order valence-electron chi connectivity index (χ2n) is 14.5. The summed E-state index contributed by atoms with van der Waals surface area (Å²) in [7, 11) is 0. The first-order valence-corrected chi connectivity index (χ1v) is 20.2. The molecule has 7 aromatic carbocycles. The average molecular weight is 743 g/mol. The van der Waals surface area contributed by atoms with Crippen molar-refractivity contribution in [3.63, 3.8) is 0 Å². The molecule has 2 aromatic heterocycles. The van der Waals surface area contributed by atoms with Gasteiger partial charge in [-0.05, 0) is 124 Å². The summed E-state index contributed by atoms with van der Waals surface area (Å²) in [4.78, 5) is 7.45. The van der Waals surface area contributed by atoms with Crippen LogP contribution in [0.15, 0.2) is 158 Å². The lowest BCUT2D eigenvalue weighted by Gasteiger charge is -2.44. The van der Waals surface area contributed by atoms with Crippen molar-refractivity contribution < 1.29 is 9.47 Å². The van der Waals surface area contributed by atoms with Gasteiger partial charge in [0.25, 0.3) is 6.71 Å². The van der Waals surface area contributed by atoms with E-state index in [0.717, 1.165) is 34.2 Å². The molecule has 0 aliphatic carbocycles. The number of ether oxygens (including phenoxy) is 2. The first-order valence-electron chi connectivity index (χ1n) is 18.6. The molecule has 0 spiro atoms. The summed E-state index contributed by atoms with van der Waals surface area (Å²) in [5, 5.41) is 2.55. The highest BCUT2D eigenvalue weighted by Crippen LogP contribution is 2.51. The van der Waals surface area contributed by atoms with Crippen LogP contribution in [0.4, 0.5) is 34.1 Å². The van der Waals surface area contributed by atoms with Crippen molar-refractivity contribution in [3.8, 4) is 32.4 Å². The number of hydrogen-bond donors (Lipinski definition) is 0. The molecule has 9 aromatic rings. The SMILES string of the molecule is Cc1cc2c3c(c1)N(c1ccccc1)c1c(ccc4c1OCO4)B3c1ccc(-c3cc4ccccc4s3)cc1N2c1cccc(-c2cc3ccccc3s2)c1. The highest BCUT2D eigenvalue weighted by atomic mass is 32.1. The fraction of sp³-hybridized carbons (Fsp3) is 0.0417. The first-order chi connectivity index (χ1) is 27.2. The van der Waals surface area contributed by atoms with E-state index in [2.05, 4.69) is 174 Å². The Labute approximate surface area is 327 Å². The van der Waals surface area contributed by atoms with Gasteiger partial charge in [-0.2, -0.15) is 0 Å². The Morgan fingerprint density at radius 2 is 1.18 bits per heavy atom. The molecule has 260 valence electrons. The molecule has 7 heteroatoms. The van der Waals surface area contributed by atoms with Crippen molar-refractivity contribution in [2.75, 3.05) is 16.6 Å². The molecule has 3 aliphatic rings. The molecule has 3 aliphatic heterocycles. The van der Waals surface area contributed by atoms with E-state index in [-0.39, 0.29) is 13.5 Å². The molecule has 0 saturated heterocycles. The Morgan fingerprint density at radius 3 is 1.93 bits per heavy atom. The van der Waals surface area contributed by atoms with Gasteiger partial charge in [0.1, 0.15) is 0 Å². The molecule has 0 unspecified atom stereocenters. The fourth-order valence-electron chi connectivity index (χ4n) is 8.90. The molecule has 0 fully saturated rings. The van der Waals surface area contributed by atoms with Gasteiger partial charge in [0.05, 0.1) is 5.69 Å². The third-order valence-electron chi connectivity index (χ3n) is 11.3. The number of aryl methyl sites for hydroxylation is 1. The van der Waals surface area contributed by atoms with Crippen LogP contribution < -0.4 is 35.7 Å². The smallest absolute Gasteiger partial charge is 0.252 e. The molecular formula is C48H31BN2O2S2. The van der Waals surface area contributed by atoms with Crippen LogP contribution >= 0.6 is 22.7 Å². The van der Waals surface area contributed by atoms with Crippen LogP contribution in [-0.4, -0.2) is 13.5 Å². The van der Waals surface area contributed by atoms with Crippen molar-refractivity contribution in [1.29, 1.82) is 0 Å². The second kappa shape index (κ2) is 11.9. The monoisotopic (exact) mass is 742 g/mol. The lowest BCUT2D eigenvalue weighted by molar-refractivity contribution is 0.174. The predicted molar refractivity (Wildman–Crippen MR) is 233 cm³/mol.